The summed E-state index contributed by atoms with van der Waals surface area (Å²) < 4.78 is 64.4. The number of nitrogens with one attached hydrogen (secondary N) is 1. The van der Waals surface area contributed by atoms with Gasteiger partial charge >= 0.3 is 6.18 Å². The van der Waals surface area contributed by atoms with Gasteiger partial charge in [0.25, 0.3) is 0 Å². The number of sulfonamides is 1. The molecule has 35 heavy (non-hydrogen) atoms. The van der Waals surface area contributed by atoms with Crippen molar-refractivity contribution in [3.63, 3.8) is 0 Å². The van der Waals surface area contributed by atoms with Gasteiger partial charge in [-0.2, -0.15) is 13.2 Å². The monoisotopic (exact) mass is 520 g/mol. The van der Waals surface area contributed by atoms with Gasteiger partial charge in [-0.25, -0.2) is 18.5 Å². The van der Waals surface area contributed by atoms with Crippen LogP contribution in [0.1, 0.15) is 11.1 Å². The smallest absolute Gasteiger partial charge is 0.325 e. The van der Waals surface area contributed by atoms with Crippen LogP contribution in [0.4, 0.5) is 18.9 Å². The highest BCUT2D eigenvalue weighted by molar-refractivity contribution is 7.99. The van der Waals surface area contributed by atoms with Crippen molar-refractivity contribution >= 4 is 44.4 Å². The number of carbonyl (C=O) groups is 1. The SMILES string of the molecule is NS(=O)(=O)c1cccc(NC(=O)CSc2nc3cc(C(F)(F)F)ccc3n2Cc2ccccc2)c1. The fraction of sp³-hybridized carbons (Fsp3) is 0.130. The van der Waals surface area contributed by atoms with E-state index in [1.807, 2.05) is 30.3 Å². The molecular formula is C23H19F3N4O3S2. The lowest BCUT2D eigenvalue weighted by Crippen LogP contribution is -2.16. The molecule has 1 heterocycles. The van der Waals surface area contributed by atoms with Crippen LogP contribution in [0.5, 0.6) is 0 Å². The highest BCUT2D eigenvalue weighted by Crippen LogP contribution is 2.33. The quantitative estimate of drug-likeness (QED) is 0.350. The number of amides is 1. The van der Waals surface area contributed by atoms with E-state index in [4.69, 9.17) is 5.14 Å². The molecule has 0 saturated heterocycles. The normalized spacial score (nSPS) is 12.1. The molecule has 7 nitrogen and oxygen atoms in total. The summed E-state index contributed by atoms with van der Waals surface area (Å²) in [6.07, 6.45) is -4.50. The van der Waals surface area contributed by atoms with E-state index < -0.39 is 27.7 Å². The molecule has 4 aromatic rings. The second-order valence-corrected chi connectivity index (χ2v) is 10.1. The van der Waals surface area contributed by atoms with Gasteiger partial charge in [0.1, 0.15) is 0 Å². The fourth-order valence-corrected chi connectivity index (χ4v) is 4.76. The van der Waals surface area contributed by atoms with E-state index in [0.29, 0.717) is 17.2 Å². The molecule has 0 aliphatic rings. The van der Waals surface area contributed by atoms with Crippen LogP contribution in [0.25, 0.3) is 11.0 Å². The Labute approximate surface area is 203 Å². The van der Waals surface area contributed by atoms with E-state index in [-0.39, 0.29) is 21.9 Å². The van der Waals surface area contributed by atoms with Crippen molar-refractivity contribution < 1.29 is 26.4 Å². The summed E-state index contributed by atoms with van der Waals surface area (Å²) in [6, 6.07) is 18.2. The molecule has 12 heteroatoms. The number of hydrogen-bond donors (Lipinski definition) is 2. The van der Waals surface area contributed by atoms with Gasteiger partial charge < -0.3 is 9.88 Å². The van der Waals surface area contributed by atoms with Gasteiger partial charge in [-0.05, 0) is 42.0 Å². The van der Waals surface area contributed by atoms with Crippen molar-refractivity contribution in [2.24, 2.45) is 5.14 Å². The first-order valence-corrected chi connectivity index (χ1v) is 12.7. The van der Waals surface area contributed by atoms with Crippen LogP contribution in [0, 0.1) is 0 Å². The van der Waals surface area contributed by atoms with E-state index in [1.165, 1.54) is 30.3 Å². The van der Waals surface area contributed by atoms with Gasteiger partial charge in [0.05, 0.1) is 33.8 Å². The Bertz CT molecular complexity index is 1490. The van der Waals surface area contributed by atoms with Crippen molar-refractivity contribution in [3.05, 3.63) is 83.9 Å². The number of benzene rings is 3. The van der Waals surface area contributed by atoms with Gasteiger partial charge in [0.15, 0.2) is 5.16 Å². The minimum absolute atomic E-state index is 0.107. The standard InChI is InChI=1S/C23H19F3N4O3S2/c24-23(25,26)16-9-10-20-19(11-16)29-22(30(20)13-15-5-2-1-3-6-15)34-14-21(31)28-17-7-4-8-18(12-17)35(27,32)33/h1-12H,13-14H2,(H,28,31)(H2,27,32,33). The number of rotatable bonds is 7. The fourth-order valence-electron chi connectivity index (χ4n) is 3.39. The Morgan fingerprint density at radius 1 is 1.03 bits per heavy atom. The number of alkyl halides is 3. The van der Waals surface area contributed by atoms with Gasteiger partial charge in [-0.3, -0.25) is 4.79 Å². The summed E-state index contributed by atoms with van der Waals surface area (Å²) in [5, 5.41) is 8.08. The van der Waals surface area contributed by atoms with Gasteiger partial charge in [0, 0.05) is 5.69 Å². The molecule has 0 saturated carbocycles. The molecule has 3 aromatic carbocycles. The molecule has 0 spiro atoms. The predicted molar refractivity (Wildman–Crippen MR) is 127 cm³/mol. The Morgan fingerprint density at radius 2 is 1.77 bits per heavy atom. The first-order chi connectivity index (χ1) is 16.5. The highest BCUT2D eigenvalue weighted by Gasteiger charge is 2.31. The molecule has 3 N–H and O–H groups in total. The number of anilines is 1. The molecule has 1 aromatic heterocycles. The van der Waals surface area contributed by atoms with E-state index in [2.05, 4.69) is 10.3 Å². The van der Waals surface area contributed by atoms with E-state index in [9.17, 15) is 26.4 Å². The van der Waals surface area contributed by atoms with E-state index in [1.54, 1.807) is 4.57 Å². The van der Waals surface area contributed by atoms with Crippen molar-refractivity contribution in [2.75, 3.05) is 11.1 Å². The van der Waals surface area contributed by atoms with Crippen molar-refractivity contribution in [3.8, 4) is 0 Å². The summed E-state index contributed by atoms with van der Waals surface area (Å²) in [5.41, 5.74) is 1.02. The Kier molecular flexibility index (Phi) is 6.88. The number of aromatic nitrogens is 2. The van der Waals surface area contributed by atoms with Crippen LogP contribution < -0.4 is 10.5 Å². The first kappa shape index (κ1) is 24.8. The third-order valence-electron chi connectivity index (χ3n) is 5.00. The lowest BCUT2D eigenvalue weighted by molar-refractivity contribution is -0.137. The molecule has 0 bridgehead atoms. The average molecular weight is 521 g/mol. The maximum atomic E-state index is 13.2. The third-order valence-corrected chi connectivity index (χ3v) is 6.89. The van der Waals surface area contributed by atoms with Crippen molar-refractivity contribution in [1.82, 2.24) is 9.55 Å². The van der Waals surface area contributed by atoms with Crippen molar-refractivity contribution in [2.45, 2.75) is 22.8 Å². The van der Waals surface area contributed by atoms with Gasteiger partial charge in [-0.1, -0.05) is 48.2 Å². The molecule has 4 rings (SSSR count). The predicted octanol–water partition coefficient (Wildman–Crippen LogP) is 4.48. The number of thioether (sulfide) groups is 1. The summed E-state index contributed by atoms with van der Waals surface area (Å²) in [5.74, 6) is -0.556. The lowest BCUT2D eigenvalue weighted by atomic mass is 10.2. The number of carbonyl (C=O) groups excluding carboxylic acids is 1. The number of primary sulfonamides is 1. The molecule has 1 amide bonds. The second-order valence-electron chi connectivity index (χ2n) is 7.58. The highest BCUT2D eigenvalue weighted by atomic mass is 32.2. The molecule has 0 fully saturated rings. The summed E-state index contributed by atoms with van der Waals surface area (Å²) in [6.45, 7) is 0.350. The number of hydrogen-bond acceptors (Lipinski definition) is 5. The maximum Gasteiger partial charge on any atom is 0.416 e. The summed E-state index contributed by atoms with van der Waals surface area (Å²) in [7, 11) is -3.93. The molecule has 0 radical (unpaired) electrons. The van der Waals surface area contributed by atoms with Crippen LogP contribution >= 0.6 is 11.8 Å². The first-order valence-electron chi connectivity index (χ1n) is 10.2. The molecule has 0 aliphatic heterocycles. The molecule has 182 valence electrons. The second kappa shape index (κ2) is 9.72. The minimum atomic E-state index is -4.50. The maximum absolute atomic E-state index is 13.2. The van der Waals surface area contributed by atoms with Crippen LogP contribution in [0.3, 0.4) is 0 Å². The van der Waals surface area contributed by atoms with E-state index in [0.717, 1.165) is 29.5 Å². The number of fused-ring (bicyclic) bond motifs is 1. The largest absolute Gasteiger partial charge is 0.416 e. The average Bonchev–Trinajstić information content (AvgIpc) is 3.14. The Hall–Kier alpha value is -3.35. The summed E-state index contributed by atoms with van der Waals surface area (Å²) >= 11 is 1.06. The molecular weight excluding hydrogens is 501 g/mol. The van der Waals surface area contributed by atoms with Crippen LogP contribution in [0.2, 0.25) is 0 Å². The van der Waals surface area contributed by atoms with Crippen LogP contribution in [-0.2, 0) is 27.5 Å². The van der Waals surface area contributed by atoms with Crippen LogP contribution in [0.15, 0.2) is 82.8 Å². The van der Waals surface area contributed by atoms with Crippen LogP contribution in [-0.4, -0.2) is 29.6 Å². The summed E-state index contributed by atoms with van der Waals surface area (Å²) in [4.78, 5) is 16.7. The Balaban J connectivity index is 1.58. The number of nitrogens with zero attached hydrogens (tertiary/aromatic N) is 2. The minimum Gasteiger partial charge on any atom is -0.325 e. The molecule has 0 unspecified atom stereocenters. The number of imidazole rings is 1. The molecule has 0 aliphatic carbocycles. The molecule has 0 atom stereocenters. The van der Waals surface area contributed by atoms with Gasteiger partial charge in [-0.15, -0.1) is 0 Å². The number of halogens is 3. The topological polar surface area (TPSA) is 107 Å². The zero-order chi connectivity index (χ0) is 25.2. The van der Waals surface area contributed by atoms with Crippen molar-refractivity contribution in [1.29, 1.82) is 0 Å². The lowest BCUT2D eigenvalue weighted by Gasteiger charge is -2.10. The zero-order valence-electron chi connectivity index (χ0n) is 18.0. The van der Waals surface area contributed by atoms with E-state index >= 15 is 0 Å². The zero-order valence-corrected chi connectivity index (χ0v) is 19.6. The number of nitrogens with two attached hydrogens (primary N) is 1. The van der Waals surface area contributed by atoms with Gasteiger partial charge in [0.2, 0.25) is 15.9 Å². The Morgan fingerprint density at radius 3 is 2.46 bits per heavy atom. The third kappa shape index (κ3) is 6.02.